The summed E-state index contributed by atoms with van der Waals surface area (Å²) < 4.78 is 10.6. The van der Waals surface area contributed by atoms with E-state index in [2.05, 4.69) is 10.6 Å². The molecule has 1 aliphatic rings. The largest absolute Gasteiger partial charge is 0.493 e. The minimum absolute atomic E-state index is 0.359. The second kappa shape index (κ2) is 7.02. The summed E-state index contributed by atoms with van der Waals surface area (Å²) in [4.78, 5) is 12.4. The van der Waals surface area contributed by atoms with Gasteiger partial charge in [0.2, 0.25) is 0 Å². The van der Waals surface area contributed by atoms with Crippen LogP contribution in [0.25, 0.3) is 0 Å². The van der Waals surface area contributed by atoms with E-state index in [0.29, 0.717) is 27.2 Å². The number of hydrogen-bond acceptors (Lipinski definition) is 3. The van der Waals surface area contributed by atoms with Crippen LogP contribution in [0.5, 0.6) is 11.5 Å². The average Bonchev–Trinajstić information content (AvgIpc) is 3.38. The highest BCUT2D eigenvalue weighted by molar-refractivity contribution is 6.39. The van der Waals surface area contributed by atoms with Gasteiger partial charge in [0.15, 0.2) is 11.5 Å². The number of methoxy groups -OCH3 is 2. The molecule has 0 radical (unpaired) electrons. The smallest absolute Gasteiger partial charge is 0.320 e. The van der Waals surface area contributed by atoms with Crippen LogP contribution in [0.1, 0.15) is 18.4 Å². The second-order valence-corrected chi connectivity index (χ2v) is 6.64. The SMILES string of the molecule is COc1ccc(C2(NC(=O)Nc3c(Cl)cccc3Cl)CC2)cc1OC. The van der Waals surface area contributed by atoms with Crippen LogP contribution in [0.4, 0.5) is 10.5 Å². The number of halogens is 2. The zero-order valence-electron chi connectivity index (χ0n) is 13.9. The van der Waals surface area contributed by atoms with Crippen molar-refractivity contribution in [1.82, 2.24) is 5.32 Å². The molecular weight excluding hydrogens is 363 g/mol. The van der Waals surface area contributed by atoms with Crippen molar-refractivity contribution >= 4 is 34.9 Å². The Hall–Kier alpha value is -2.11. The lowest BCUT2D eigenvalue weighted by molar-refractivity contribution is 0.247. The van der Waals surface area contributed by atoms with Gasteiger partial charge in [0.05, 0.1) is 35.5 Å². The zero-order valence-corrected chi connectivity index (χ0v) is 15.4. The van der Waals surface area contributed by atoms with Crippen molar-refractivity contribution < 1.29 is 14.3 Å². The second-order valence-electron chi connectivity index (χ2n) is 5.83. The number of amides is 2. The van der Waals surface area contributed by atoms with E-state index in [1.807, 2.05) is 18.2 Å². The molecule has 7 heteroatoms. The molecule has 0 spiro atoms. The first kappa shape index (κ1) is 17.7. The molecule has 1 saturated carbocycles. The summed E-state index contributed by atoms with van der Waals surface area (Å²) in [6, 6.07) is 10.3. The Morgan fingerprint density at radius 2 is 1.68 bits per heavy atom. The average molecular weight is 381 g/mol. The molecular formula is C18H18Cl2N2O3. The van der Waals surface area contributed by atoms with Crippen molar-refractivity contribution in [1.29, 1.82) is 0 Å². The molecule has 0 aliphatic heterocycles. The maximum Gasteiger partial charge on any atom is 0.320 e. The van der Waals surface area contributed by atoms with E-state index >= 15 is 0 Å². The summed E-state index contributed by atoms with van der Waals surface area (Å²) in [5.41, 5.74) is 0.939. The maximum absolute atomic E-state index is 12.4. The number of carbonyl (C=O) groups excluding carboxylic acids is 1. The Morgan fingerprint density at radius 3 is 2.24 bits per heavy atom. The first-order valence-electron chi connectivity index (χ1n) is 7.75. The van der Waals surface area contributed by atoms with Crippen molar-refractivity contribution in [2.45, 2.75) is 18.4 Å². The number of ether oxygens (including phenoxy) is 2. The van der Waals surface area contributed by atoms with Gasteiger partial charge in [-0.25, -0.2) is 4.79 Å². The molecule has 0 unspecified atom stereocenters. The van der Waals surface area contributed by atoms with Gasteiger partial charge in [0.25, 0.3) is 0 Å². The predicted octanol–water partition coefficient (Wildman–Crippen LogP) is 4.82. The van der Waals surface area contributed by atoms with E-state index < -0.39 is 5.54 Å². The number of para-hydroxylation sites is 1. The highest BCUT2D eigenvalue weighted by Crippen LogP contribution is 2.47. The minimum Gasteiger partial charge on any atom is -0.493 e. The molecule has 0 heterocycles. The molecule has 0 atom stereocenters. The molecule has 0 bridgehead atoms. The molecule has 132 valence electrons. The molecule has 2 N–H and O–H groups in total. The van der Waals surface area contributed by atoms with Crippen LogP contribution in [0.3, 0.4) is 0 Å². The van der Waals surface area contributed by atoms with E-state index in [0.717, 1.165) is 18.4 Å². The topological polar surface area (TPSA) is 59.6 Å². The Balaban J connectivity index is 1.77. The zero-order chi connectivity index (χ0) is 18.0. The third-order valence-electron chi connectivity index (χ3n) is 4.24. The van der Waals surface area contributed by atoms with Gasteiger partial charge >= 0.3 is 6.03 Å². The number of urea groups is 1. The van der Waals surface area contributed by atoms with Gasteiger partial charge in [0, 0.05) is 0 Å². The number of hydrogen-bond donors (Lipinski definition) is 2. The minimum atomic E-state index is -0.419. The normalized spacial score (nSPS) is 14.6. The Kier molecular flexibility index (Phi) is 4.97. The summed E-state index contributed by atoms with van der Waals surface area (Å²) in [5.74, 6) is 1.27. The fraction of sp³-hybridized carbons (Fsp3) is 0.278. The van der Waals surface area contributed by atoms with Crippen LogP contribution in [0, 0.1) is 0 Å². The van der Waals surface area contributed by atoms with Crippen molar-refractivity contribution in [3.63, 3.8) is 0 Å². The van der Waals surface area contributed by atoms with Gasteiger partial charge in [-0.3, -0.25) is 0 Å². The van der Waals surface area contributed by atoms with E-state index in [1.165, 1.54) is 0 Å². The number of benzene rings is 2. The summed E-state index contributed by atoms with van der Waals surface area (Å²) in [7, 11) is 3.17. The molecule has 2 amide bonds. The van der Waals surface area contributed by atoms with Crippen molar-refractivity contribution in [3.8, 4) is 11.5 Å². The quantitative estimate of drug-likeness (QED) is 0.781. The first-order valence-corrected chi connectivity index (χ1v) is 8.50. The molecule has 25 heavy (non-hydrogen) atoms. The number of anilines is 1. The third-order valence-corrected chi connectivity index (χ3v) is 4.87. The molecule has 0 saturated heterocycles. The standard InChI is InChI=1S/C18H18Cl2N2O3/c1-24-14-7-6-11(10-15(14)25-2)18(8-9-18)22-17(23)21-16-12(19)4-3-5-13(16)20/h3-7,10H,8-9H2,1-2H3,(H2,21,22,23). The summed E-state index contributed by atoms with van der Waals surface area (Å²) >= 11 is 12.2. The summed E-state index contributed by atoms with van der Waals surface area (Å²) in [5, 5.41) is 6.51. The van der Waals surface area contributed by atoms with Crippen LogP contribution in [0.2, 0.25) is 10.0 Å². The molecule has 0 aromatic heterocycles. The van der Waals surface area contributed by atoms with E-state index in [9.17, 15) is 4.79 Å². The number of nitrogens with one attached hydrogen (secondary N) is 2. The number of rotatable bonds is 5. The van der Waals surface area contributed by atoms with Gasteiger partial charge < -0.3 is 20.1 Å². The Labute approximate surface area is 156 Å². The van der Waals surface area contributed by atoms with Crippen molar-refractivity contribution in [2.24, 2.45) is 0 Å². The molecule has 1 aliphatic carbocycles. The lowest BCUT2D eigenvalue weighted by Crippen LogP contribution is -2.38. The lowest BCUT2D eigenvalue weighted by atomic mass is 10.0. The van der Waals surface area contributed by atoms with Crippen LogP contribution in [-0.2, 0) is 5.54 Å². The first-order chi connectivity index (χ1) is 12.0. The van der Waals surface area contributed by atoms with Crippen LogP contribution in [-0.4, -0.2) is 20.3 Å². The van der Waals surface area contributed by atoms with Crippen LogP contribution < -0.4 is 20.1 Å². The highest BCUT2D eigenvalue weighted by atomic mass is 35.5. The molecule has 2 aromatic carbocycles. The fourth-order valence-electron chi connectivity index (χ4n) is 2.72. The summed E-state index contributed by atoms with van der Waals surface area (Å²) in [6.45, 7) is 0. The van der Waals surface area contributed by atoms with Gasteiger partial charge in [-0.1, -0.05) is 35.3 Å². The fourth-order valence-corrected chi connectivity index (χ4v) is 3.22. The van der Waals surface area contributed by atoms with Crippen molar-refractivity contribution in [2.75, 3.05) is 19.5 Å². The molecule has 1 fully saturated rings. The van der Waals surface area contributed by atoms with Crippen LogP contribution in [0.15, 0.2) is 36.4 Å². The van der Waals surface area contributed by atoms with Gasteiger partial charge in [-0.15, -0.1) is 0 Å². The third kappa shape index (κ3) is 3.62. The predicted molar refractivity (Wildman–Crippen MR) is 99.1 cm³/mol. The monoisotopic (exact) mass is 380 g/mol. The number of carbonyl (C=O) groups is 1. The van der Waals surface area contributed by atoms with E-state index in [1.54, 1.807) is 32.4 Å². The highest BCUT2D eigenvalue weighted by Gasteiger charge is 2.46. The Bertz CT molecular complexity index is 787. The lowest BCUT2D eigenvalue weighted by Gasteiger charge is -2.20. The van der Waals surface area contributed by atoms with Gasteiger partial charge in [0.1, 0.15) is 0 Å². The Morgan fingerprint density at radius 1 is 1.04 bits per heavy atom. The maximum atomic E-state index is 12.4. The van der Waals surface area contributed by atoms with Crippen LogP contribution >= 0.6 is 23.2 Å². The van der Waals surface area contributed by atoms with Gasteiger partial charge in [-0.2, -0.15) is 0 Å². The summed E-state index contributed by atoms with van der Waals surface area (Å²) in [6.07, 6.45) is 1.68. The van der Waals surface area contributed by atoms with Crippen molar-refractivity contribution in [3.05, 3.63) is 52.0 Å². The molecule has 5 nitrogen and oxygen atoms in total. The molecule has 2 aromatic rings. The van der Waals surface area contributed by atoms with Gasteiger partial charge in [-0.05, 0) is 42.7 Å². The molecule has 3 rings (SSSR count). The van der Waals surface area contributed by atoms with E-state index in [4.69, 9.17) is 32.7 Å². The van der Waals surface area contributed by atoms with E-state index in [-0.39, 0.29) is 6.03 Å².